The van der Waals surface area contributed by atoms with Gasteiger partial charge in [-0.3, -0.25) is 4.98 Å². The second kappa shape index (κ2) is 6.22. The van der Waals surface area contributed by atoms with Crippen LogP contribution in [0.25, 0.3) is 0 Å². The molecule has 1 fully saturated rings. The summed E-state index contributed by atoms with van der Waals surface area (Å²) < 4.78 is 5.61. The van der Waals surface area contributed by atoms with E-state index < -0.39 is 0 Å². The van der Waals surface area contributed by atoms with E-state index in [2.05, 4.69) is 28.7 Å². The van der Waals surface area contributed by atoms with Crippen LogP contribution in [0.3, 0.4) is 0 Å². The first-order valence-corrected chi connectivity index (χ1v) is 7.28. The molecule has 19 heavy (non-hydrogen) atoms. The summed E-state index contributed by atoms with van der Waals surface area (Å²) in [6.45, 7) is 10.8. The molecule has 1 saturated heterocycles. The Labute approximate surface area is 116 Å². The first-order chi connectivity index (χ1) is 9.04. The highest BCUT2D eigenvalue weighted by atomic mass is 16.5. The van der Waals surface area contributed by atoms with Crippen molar-refractivity contribution in [3.05, 3.63) is 12.4 Å². The Morgan fingerprint density at radius 2 is 2.11 bits per heavy atom. The number of anilines is 1. The van der Waals surface area contributed by atoms with E-state index in [9.17, 15) is 0 Å². The molecule has 1 unspecified atom stereocenters. The van der Waals surface area contributed by atoms with Crippen LogP contribution in [0.2, 0.25) is 0 Å². The van der Waals surface area contributed by atoms with E-state index in [-0.39, 0.29) is 6.10 Å². The van der Waals surface area contributed by atoms with Gasteiger partial charge >= 0.3 is 0 Å². The first kappa shape index (κ1) is 14.1. The molecule has 106 valence electrons. The highest BCUT2D eigenvalue weighted by molar-refractivity contribution is 5.38. The lowest BCUT2D eigenvalue weighted by Gasteiger charge is -2.18. The van der Waals surface area contributed by atoms with E-state index in [1.54, 1.807) is 6.20 Å². The fourth-order valence-corrected chi connectivity index (χ4v) is 2.69. The Morgan fingerprint density at radius 3 is 2.79 bits per heavy atom. The second-order valence-corrected chi connectivity index (χ2v) is 6.11. The summed E-state index contributed by atoms with van der Waals surface area (Å²) in [5, 5.41) is 0. The third-order valence-electron chi connectivity index (χ3n) is 3.37. The predicted octanol–water partition coefficient (Wildman–Crippen LogP) is 3.14. The normalized spacial score (nSPS) is 19.5. The van der Waals surface area contributed by atoms with Gasteiger partial charge < -0.3 is 9.64 Å². The van der Waals surface area contributed by atoms with Crippen molar-refractivity contribution < 1.29 is 4.74 Å². The van der Waals surface area contributed by atoms with Gasteiger partial charge in [0, 0.05) is 13.1 Å². The number of aromatic nitrogens is 2. The van der Waals surface area contributed by atoms with E-state index in [1.165, 1.54) is 12.8 Å². The summed E-state index contributed by atoms with van der Waals surface area (Å²) in [5.74, 6) is 3.13. The lowest BCUT2D eigenvalue weighted by atomic mass is 9.97. The molecular formula is C15H25N3O. The van der Waals surface area contributed by atoms with Gasteiger partial charge in [-0.25, -0.2) is 0 Å². The molecule has 1 aliphatic rings. The molecule has 0 radical (unpaired) electrons. The zero-order chi connectivity index (χ0) is 13.8. The molecule has 4 heteroatoms. The molecule has 1 aliphatic heterocycles. The Bertz CT molecular complexity index is 406. The highest BCUT2D eigenvalue weighted by Gasteiger charge is 2.24. The SMILES string of the molecule is CC(C)CC1CCN(c2cncc(OC(C)C)n2)C1. The van der Waals surface area contributed by atoms with Crippen molar-refractivity contribution >= 4 is 5.82 Å². The molecule has 4 nitrogen and oxygen atoms in total. The number of rotatable bonds is 5. The summed E-state index contributed by atoms with van der Waals surface area (Å²) in [7, 11) is 0. The van der Waals surface area contributed by atoms with Crippen LogP contribution in [0, 0.1) is 11.8 Å². The number of hydrogen-bond donors (Lipinski definition) is 0. The van der Waals surface area contributed by atoms with Crippen LogP contribution in [0.1, 0.15) is 40.5 Å². The molecule has 0 bridgehead atoms. The second-order valence-electron chi connectivity index (χ2n) is 6.11. The average Bonchev–Trinajstić information content (AvgIpc) is 2.76. The van der Waals surface area contributed by atoms with Gasteiger partial charge in [-0.05, 0) is 38.5 Å². The maximum atomic E-state index is 5.61. The predicted molar refractivity (Wildman–Crippen MR) is 77.6 cm³/mol. The van der Waals surface area contributed by atoms with Crippen LogP contribution in [-0.2, 0) is 0 Å². The van der Waals surface area contributed by atoms with E-state index in [4.69, 9.17) is 4.74 Å². The Hall–Kier alpha value is -1.32. The summed E-state index contributed by atoms with van der Waals surface area (Å²) in [6.07, 6.45) is 6.22. The zero-order valence-electron chi connectivity index (χ0n) is 12.5. The molecule has 0 spiro atoms. The van der Waals surface area contributed by atoms with Gasteiger partial charge in [0.15, 0.2) is 5.82 Å². The van der Waals surface area contributed by atoms with Gasteiger partial charge in [-0.1, -0.05) is 13.8 Å². The van der Waals surface area contributed by atoms with Crippen LogP contribution >= 0.6 is 0 Å². The quantitative estimate of drug-likeness (QED) is 0.818. The van der Waals surface area contributed by atoms with Crippen molar-refractivity contribution in [1.29, 1.82) is 0 Å². The molecule has 0 saturated carbocycles. The zero-order valence-corrected chi connectivity index (χ0v) is 12.5. The first-order valence-electron chi connectivity index (χ1n) is 7.28. The fourth-order valence-electron chi connectivity index (χ4n) is 2.69. The average molecular weight is 263 g/mol. The van der Waals surface area contributed by atoms with E-state index in [1.807, 2.05) is 20.0 Å². The van der Waals surface area contributed by atoms with Crippen molar-refractivity contribution in [2.75, 3.05) is 18.0 Å². The number of ether oxygens (including phenoxy) is 1. The number of hydrogen-bond acceptors (Lipinski definition) is 4. The maximum absolute atomic E-state index is 5.61. The van der Waals surface area contributed by atoms with Crippen LogP contribution in [0.15, 0.2) is 12.4 Å². The Balaban J connectivity index is 1.99. The largest absolute Gasteiger partial charge is 0.474 e. The van der Waals surface area contributed by atoms with Gasteiger partial charge in [-0.15, -0.1) is 0 Å². The topological polar surface area (TPSA) is 38.2 Å². The molecule has 2 heterocycles. The van der Waals surface area contributed by atoms with E-state index in [0.29, 0.717) is 5.88 Å². The van der Waals surface area contributed by atoms with Crippen LogP contribution < -0.4 is 9.64 Å². The molecule has 0 N–H and O–H groups in total. The van der Waals surface area contributed by atoms with Crippen molar-refractivity contribution in [3.8, 4) is 5.88 Å². The van der Waals surface area contributed by atoms with Crippen LogP contribution in [0.4, 0.5) is 5.82 Å². The van der Waals surface area contributed by atoms with Crippen molar-refractivity contribution in [2.24, 2.45) is 11.8 Å². The summed E-state index contributed by atoms with van der Waals surface area (Å²) >= 11 is 0. The molecule has 1 aromatic heterocycles. The van der Waals surface area contributed by atoms with Gasteiger partial charge in [-0.2, -0.15) is 4.98 Å². The lowest BCUT2D eigenvalue weighted by Crippen LogP contribution is -2.21. The van der Waals surface area contributed by atoms with Gasteiger partial charge in [0.25, 0.3) is 0 Å². The fraction of sp³-hybridized carbons (Fsp3) is 0.733. The van der Waals surface area contributed by atoms with Gasteiger partial charge in [0.2, 0.25) is 5.88 Å². The third kappa shape index (κ3) is 4.08. The molecule has 0 aromatic carbocycles. The van der Waals surface area contributed by atoms with Gasteiger partial charge in [0.05, 0.1) is 18.5 Å². The minimum atomic E-state index is 0.136. The van der Waals surface area contributed by atoms with Crippen LogP contribution in [-0.4, -0.2) is 29.2 Å². The minimum absolute atomic E-state index is 0.136. The van der Waals surface area contributed by atoms with Crippen molar-refractivity contribution in [3.63, 3.8) is 0 Å². The number of nitrogens with zero attached hydrogens (tertiary/aromatic N) is 3. The minimum Gasteiger partial charge on any atom is -0.474 e. The Kier molecular flexibility index (Phi) is 4.61. The molecule has 0 amide bonds. The van der Waals surface area contributed by atoms with Crippen molar-refractivity contribution in [2.45, 2.75) is 46.6 Å². The standard InChI is InChI=1S/C15H25N3O/c1-11(2)7-13-5-6-18(10-13)14-8-16-9-15(17-14)19-12(3)4/h8-9,11-13H,5-7,10H2,1-4H3. The molecule has 1 aromatic rings. The van der Waals surface area contributed by atoms with E-state index >= 15 is 0 Å². The highest BCUT2D eigenvalue weighted by Crippen LogP contribution is 2.27. The van der Waals surface area contributed by atoms with Gasteiger partial charge in [0.1, 0.15) is 0 Å². The third-order valence-corrected chi connectivity index (χ3v) is 3.37. The monoisotopic (exact) mass is 263 g/mol. The Morgan fingerprint density at radius 1 is 1.32 bits per heavy atom. The summed E-state index contributed by atoms with van der Waals surface area (Å²) in [6, 6.07) is 0. The lowest BCUT2D eigenvalue weighted by molar-refractivity contribution is 0.231. The van der Waals surface area contributed by atoms with Crippen LogP contribution in [0.5, 0.6) is 5.88 Å². The smallest absolute Gasteiger partial charge is 0.234 e. The molecule has 1 atom stereocenters. The molecular weight excluding hydrogens is 238 g/mol. The molecule has 0 aliphatic carbocycles. The molecule has 2 rings (SSSR count). The maximum Gasteiger partial charge on any atom is 0.234 e. The van der Waals surface area contributed by atoms with E-state index in [0.717, 1.165) is 30.7 Å². The summed E-state index contributed by atoms with van der Waals surface area (Å²) in [4.78, 5) is 11.1. The summed E-state index contributed by atoms with van der Waals surface area (Å²) in [5.41, 5.74) is 0. The van der Waals surface area contributed by atoms with Crippen molar-refractivity contribution in [1.82, 2.24) is 9.97 Å².